The lowest BCUT2D eigenvalue weighted by atomic mass is 9.89. The van der Waals surface area contributed by atoms with E-state index in [-0.39, 0.29) is 12.2 Å². The van der Waals surface area contributed by atoms with E-state index >= 15 is 0 Å². The van der Waals surface area contributed by atoms with Gasteiger partial charge in [0, 0.05) is 26.1 Å². The van der Waals surface area contributed by atoms with Gasteiger partial charge in [0.15, 0.2) is 0 Å². The molecule has 0 unspecified atom stereocenters. The van der Waals surface area contributed by atoms with Gasteiger partial charge in [-0.15, -0.1) is 0 Å². The maximum Gasteiger partial charge on any atom is 0.0666 e. The molecule has 2 heterocycles. The minimum absolute atomic E-state index is 0.272. The minimum Gasteiger partial charge on any atom is -0.390 e. The number of rotatable bonds is 4. The summed E-state index contributed by atoms with van der Waals surface area (Å²) in [5.41, 5.74) is -0.977. The third-order valence-corrected chi connectivity index (χ3v) is 4.79. The lowest BCUT2D eigenvalue weighted by molar-refractivity contribution is -0.0991. The zero-order valence-corrected chi connectivity index (χ0v) is 16.7. The predicted molar refractivity (Wildman–Crippen MR) is 98.1 cm³/mol. The fourth-order valence-electron chi connectivity index (χ4n) is 3.55. The Bertz CT molecular complexity index is 316. The predicted octanol–water partition coefficient (Wildman–Crippen LogP) is 3.93. The summed E-state index contributed by atoms with van der Waals surface area (Å²) < 4.78 is 11.1. The molecular formula is C20H40O4. The molecule has 2 saturated heterocycles. The van der Waals surface area contributed by atoms with E-state index in [0.717, 1.165) is 38.5 Å². The Morgan fingerprint density at radius 2 is 1.12 bits per heavy atom. The Labute approximate surface area is 148 Å². The van der Waals surface area contributed by atoms with Crippen molar-refractivity contribution < 1.29 is 19.7 Å². The zero-order chi connectivity index (χ0) is 18.4. The molecule has 4 nitrogen and oxygen atoms in total. The molecule has 2 N–H and O–H groups in total. The van der Waals surface area contributed by atoms with Crippen LogP contribution in [0.5, 0.6) is 0 Å². The second-order valence-electron chi connectivity index (χ2n) is 9.15. The SMILES string of the molecule is CC(C)C[C@H]1C[C@@](C)(O)CCO1.CC(C)C[C@H]1C[C@](C)(O)CCO1. The van der Waals surface area contributed by atoms with E-state index < -0.39 is 11.2 Å². The molecular weight excluding hydrogens is 304 g/mol. The van der Waals surface area contributed by atoms with Gasteiger partial charge in [0.1, 0.15) is 0 Å². The first kappa shape index (κ1) is 21.9. The molecule has 2 fully saturated rings. The van der Waals surface area contributed by atoms with Crippen molar-refractivity contribution in [1.82, 2.24) is 0 Å². The van der Waals surface area contributed by atoms with Crippen LogP contribution in [0.1, 0.15) is 80.1 Å². The van der Waals surface area contributed by atoms with Gasteiger partial charge in [-0.2, -0.15) is 0 Å². The van der Waals surface area contributed by atoms with Crippen LogP contribution in [0.2, 0.25) is 0 Å². The Morgan fingerprint density at radius 3 is 1.38 bits per heavy atom. The second-order valence-corrected chi connectivity index (χ2v) is 9.15. The molecule has 2 rings (SSSR count). The van der Waals surface area contributed by atoms with E-state index in [0.29, 0.717) is 25.0 Å². The van der Waals surface area contributed by atoms with Crippen molar-refractivity contribution in [3.05, 3.63) is 0 Å². The van der Waals surface area contributed by atoms with Gasteiger partial charge in [-0.25, -0.2) is 0 Å². The molecule has 0 aromatic rings. The lowest BCUT2D eigenvalue weighted by Crippen LogP contribution is -2.38. The van der Waals surface area contributed by atoms with Gasteiger partial charge >= 0.3 is 0 Å². The third kappa shape index (κ3) is 9.36. The van der Waals surface area contributed by atoms with Gasteiger partial charge in [-0.3, -0.25) is 0 Å². The second kappa shape index (κ2) is 9.51. The maximum atomic E-state index is 9.78. The summed E-state index contributed by atoms with van der Waals surface area (Å²) in [7, 11) is 0. The monoisotopic (exact) mass is 344 g/mol. The van der Waals surface area contributed by atoms with Gasteiger partial charge in [0.2, 0.25) is 0 Å². The summed E-state index contributed by atoms with van der Waals surface area (Å²) in [4.78, 5) is 0. The molecule has 4 heteroatoms. The molecule has 4 atom stereocenters. The van der Waals surface area contributed by atoms with Crippen molar-refractivity contribution in [3.63, 3.8) is 0 Å². The van der Waals surface area contributed by atoms with Crippen LogP contribution in [0.3, 0.4) is 0 Å². The van der Waals surface area contributed by atoms with Gasteiger partial charge < -0.3 is 19.7 Å². The lowest BCUT2D eigenvalue weighted by Gasteiger charge is -2.34. The molecule has 2 aliphatic rings. The van der Waals surface area contributed by atoms with Crippen LogP contribution in [-0.4, -0.2) is 46.8 Å². The zero-order valence-electron chi connectivity index (χ0n) is 16.7. The van der Waals surface area contributed by atoms with Crippen LogP contribution in [0, 0.1) is 11.8 Å². The van der Waals surface area contributed by atoms with Crippen LogP contribution in [0.25, 0.3) is 0 Å². The van der Waals surface area contributed by atoms with E-state index in [2.05, 4.69) is 27.7 Å². The van der Waals surface area contributed by atoms with Crippen molar-refractivity contribution in [2.24, 2.45) is 11.8 Å². The normalized spacial score (nSPS) is 37.2. The van der Waals surface area contributed by atoms with Crippen LogP contribution < -0.4 is 0 Å². The molecule has 0 radical (unpaired) electrons. The fourth-order valence-corrected chi connectivity index (χ4v) is 3.55. The molecule has 0 spiro atoms. The van der Waals surface area contributed by atoms with E-state index in [1.807, 2.05) is 13.8 Å². The van der Waals surface area contributed by atoms with Crippen LogP contribution >= 0.6 is 0 Å². The summed E-state index contributed by atoms with van der Waals surface area (Å²) >= 11 is 0. The molecule has 0 bridgehead atoms. The number of ether oxygens (including phenoxy) is 2. The highest BCUT2D eigenvalue weighted by Crippen LogP contribution is 2.28. The van der Waals surface area contributed by atoms with E-state index in [9.17, 15) is 10.2 Å². The highest BCUT2D eigenvalue weighted by atomic mass is 16.5. The number of hydrogen-bond donors (Lipinski definition) is 2. The smallest absolute Gasteiger partial charge is 0.0666 e. The summed E-state index contributed by atoms with van der Waals surface area (Å²) in [6, 6.07) is 0. The van der Waals surface area contributed by atoms with Crippen molar-refractivity contribution in [2.75, 3.05) is 13.2 Å². The van der Waals surface area contributed by atoms with Crippen molar-refractivity contribution >= 4 is 0 Å². The third-order valence-electron chi connectivity index (χ3n) is 4.79. The average molecular weight is 345 g/mol. The number of hydrogen-bond acceptors (Lipinski definition) is 4. The minimum atomic E-state index is -0.488. The molecule has 0 saturated carbocycles. The van der Waals surface area contributed by atoms with Gasteiger partial charge in [0.25, 0.3) is 0 Å². The first-order chi connectivity index (χ1) is 11.0. The molecule has 24 heavy (non-hydrogen) atoms. The topological polar surface area (TPSA) is 58.9 Å². The van der Waals surface area contributed by atoms with Crippen LogP contribution in [0.15, 0.2) is 0 Å². The first-order valence-corrected chi connectivity index (χ1v) is 9.67. The van der Waals surface area contributed by atoms with Crippen molar-refractivity contribution in [2.45, 2.75) is 103 Å². The van der Waals surface area contributed by atoms with Gasteiger partial charge in [-0.05, 0) is 51.4 Å². The quantitative estimate of drug-likeness (QED) is 0.811. The van der Waals surface area contributed by atoms with Crippen molar-refractivity contribution in [3.8, 4) is 0 Å². The fraction of sp³-hybridized carbons (Fsp3) is 1.00. The summed E-state index contributed by atoms with van der Waals surface area (Å²) in [5.74, 6) is 1.31. The molecule has 0 aromatic heterocycles. The van der Waals surface area contributed by atoms with Crippen LogP contribution in [-0.2, 0) is 9.47 Å². The standard InChI is InChI=1S/2C10H20O2/c2*1-8(2)6-9-7-10(3,11)4-5-12-9/h2*8-9,11H,4-7H2,1-3H3/t9-,10+;9-,10-/m00/s1. The summed E-state index contributed by atoms with van der Waals surface area (Å²) in [6.07, 6.45) is 5.83. The Kier molecular flexibility index (Phi) is 8.67. The largest absolute Gasteiger partial charge is 0.390 e. The average Bonchev–Trinajstić information content (AvgIpc) is 2.35. The highest BCUT2D eigenvalue weighted by Gasteiger charge is 2.31. The molecule has 2 aliphatic heterocycles. The molecule has 0 aromatic carbocycles. The van der Waals surface area contributed by atoms with Crippen LogP contribution in [0.4, 0.5) is 0 Å². The van der Waals surface area contributed by atoms with E-state index in [1.165, 1.54) is 0 Å². The Hall–Kier alpha value is -0.160. The van der Waals surface area contributed by atoms with E-state index in [4.69, 9.17) is 9.47 Å². The Balaban J connectivity index is 0.000000240. The van der Waals surface area contributed by atoms with E-state index in [1.54, 1.807) is 0 Å². The van der Waals surface area contributed by atoms with Crippen molar-refractivity contribution in [1.29, 1.82) is 0 Å². The van der Waals surface area contributed by atoms with Gasteiger partial charge in [0.05, 0.1) is 23.4 Å². The first-order valence-electron chi connectivity index (χ1n) is 9.67. The molecule has 0 amide bonds. The Morgan fingerprint density at radius 1 is 0.792 bits per heavy atom. The molecule has 144 valence electrons. The highest BCUT2D eigenvalue weighted by molar-refractivity contribution is 4.82. The maximum absolute atomic E-state index is 9.78. The summed E-state index contributed by atoms with van der Waals surface area (Å²) in [6.45, 7) is 14.0. The van der Waals surface area contributed by atoms with Gasteiger partial charge in [-0.1, -0.05) is 27.7 Å². The number of aliphatic hydroxyl groups is 2. The summed E-state index contributed by atoms with van der Waals surface area (Å²) in [5, 5.41) is 19.6. The molecule has 0 aliphatic carbocycles.